The monoisotopic (exact) mass is 400 g/mol. The molecule has 1 atom stereocenters. The van der Waals surface area contributed by atoms with Crippen LogP contribution in [0.4, 0.5) is 8.78 Å². The third-order valence-electron chi connectivity index (χ3n) is 3.87. The number of hydrogen-bond acceptors (Lipinski definition) is 4. The number of hydrogen-bond donors (Lipinski definition) is 2. The van der Waals surface area contributed by atoms with E-state index in [2.05, 4.69) is 20.4 Å². The first kappa shape index (κ1) is 21.0. The second kappa shape index (κ2) is 10.1. The lowest BCUT2D eigenvalue weighted by Gasteiger charge is -2.24. The van der Waals surface area contributed by atoms with Gasteiger partial charge >= 0.3 is 6.61 Å². The fourth-order valence-electron chi connectivity index (χ4n) is 2.51. The first-order valence-corrected chi connectivity index (χ1v) is 8.66. The summed E-state index contributed by atoms with van der Waals surface area (Å²) in [6.07, 6.45) is 1.63. The van der Waals surface area contributed by atoms with Gasteiger partial charge in [0.05, 0.1) is 12.3 Å². The summed E-state index contributed by atoms with van der Waals surface area (Å²) in [6, 6.07) is 8.24. The average molecular weight is 401 g/mol. The Morgan fingerprint density at radius 2 is 2.07 bits per heavy atom. The van der Waals surface area contributed by atoms with Crippen LogP contribution in [0.2, 0.25) is 5.02 Å². The molecule has 6 nitrogen and oxygen atoms in total. The van der Waals surface area contributed by atoms with Crippen molar-refractivity contribution in [2.75, 3.05) is 27.7 Å². The maximum absolute atomic E-state index is 12.6. The van der Waals surface area contributed by atoms with Crippen molar-refractivity contribution in [3.05, 3.63) is 52.9 Å². The number of furan rings is 1. The molecule has 0 saturated heterocycles. The summed E-state index contributed by atoms with van der Waals surface area (Å²) in [5.41, 5.74) is 0.501. The highest BCUT2D eigenvalue weighted by molar-refractivity contribution is 6.30. The van der Waals surface area contributed by atoms with Crippen molar-refractivity contribution in [2.45, 2.75) is 19.2 Å². The molecule has 0 aliphatic heterocycles. The van der Waals surface area contributed by atoms with E-state index in [1.807, 2.05) is 31.1 Å². The maximum Gasteiger partial charge on any atom is 0.387 e. The fraction of sp³-hybridized carbons (Fsp3) is 0.389. The number of likely N-dealkylation sites (N-methyl/N-ethyl adjacent to an activating group) is 1. The summed E-state index contributed by atoms with van der Waals surface area (Å²) >= 11 is 5.96. The van der Waals surface area contributed by atoms with Crippen LogP contribution >= 0.6 is 11.6 Å². The second-order valence-electron chi connectivity index (χ2n) is 5.93. The molecule has 9 heteroatoms. The van der Waals surface area contributed by atoms with Gasteiger partial charge in [0.2, 0.25) is 0 Å². The van der Waals surface area contributed by atoms with E-state index in [1.54, 1.807) is 19.4 Å². The minimum atomic E-state index is -2.91. The molecule has 0 bridgehead atoms. The number of nitrogens with one attached hydrogen (secondary N) is 2. The summed E-state index contributed by atoms with van der Waals surface area (Å²) in [6.45, 7) is -2.15. The smallest absolute Gasteiger partial charge is 0.387 e. The maximum atomic E-state index is 12.6. The highest BCUT2D eigenvalue weighted by atomic mass is 35.5. The summed E-state index contributed by atoms with van der Waals surface area (Å²) < 4.78 is 35.1. The number of ether oxygens (including phenoxy) is 1. The van der Waals surface area contributed by atoms with E-state index in [-0.39, 0.29) is 18.3 Å². The van der Waals surface area contributed by atoms with Gasteiger partial charge in [-0.25, -0.2) is 0 Å². The largest absolute Gasteiger partial charge is 0.468 e. The number of aliphatic imine (C=N–C) groups is 1. The second-order valence-corrected chi connectivity index (χ2v) is 6.37. The summed E-state index contributed by atoms with van der Waals surface area (Å²) in [5, 5.41) is 6.70. The van der Waals surface area contributed by atoms with Crippen LogP contribution in [0.3, 0.4) is 0 Å². The van der Waals surface area contributed by atoms with Crippen LogP contribution in [0.5, 0.6) is 5.75 Å². The zero-order valence-corrected chi connectivity index (χ0v) is 16.1. The molecule has 0 saturated carbocycles. The minimum absolute atomic E-state index is 0.00227. The Morgan fingerprint density at radius 1 is 1.30 bits per heavy atom. The Labute approximate surface area is 162 Å². The van der Waals surface area contributed by atoms with Gasteiger partial charge < -0.3 is 19.8 Å². The molecular weight excluding hydrogens is 378 g/mol. The van der Waals surface area contributed by atoms with Crippen molar-refractivity contribution in [1.29, 1.82) is 0 Å². The Balaban J connectivity index is 1.99. The quantitative estimate of drug-likeness (QED) is 0.524. The van der Waals surface area contributed by atoms with Gasteiger partial charge in [-0.3, -0.25) is 9.89 Å². The van der Waals surface area contributed by atoms with Crippen LogP contribution < -0.4 is 15.4 Å². The SMILES string of the molecule is CN=C(NCc1cc(Cl)ccc1OC(F)F)NCC(c1ccco1)N(C)C. The standard InChI is InChI=1S/C18H23ClF2N4O2/c1-22-18(24-11-14(25(2)3)16-5-4-8-26-16)23-10-12-9-13(19)6-7-15(12)27-17(20)21/h4-9,14,17H,10-11H2,1-3H3,(H2,22,23,24). The zero-order valence-electron chi connectivity index (χ0n) is 15.4. The molecular formula is C18H23ClF2N4O2. The van der Waals surface area contributed by atoms with Crippen LogP contribution in [0, 0.1) is 0 Å². The lowest BCUT2D eigenvalue weighted by atomic mass is 10.2. The van der Waals surface area contributed by atoms with E-state index in [4.69, 9.17) is 16.0 Å². The Kier molecular flexibility index (Phi) is 7.87. The fourth-order valence-corrected chi connectivity index (χ4v) is 2.70. The number of benzene rings is 1. The van der Waals surface area contributed by atoms with Crippen LogP contribution in [0.25, 0.3) is 0 Å². The van der Waals surface area contributed by atoms with Gasteiger partial charge in [-0.05, 0) is 44.4 Å². The first-order valence-electron chi connectivity index (χ1n) is 8.28. The van der Waals surface area contributed by atoms with Gasteiger partial charge in [0.1, 0.15) is 11.5 Å². The molecule has 1 unspecified atom stereocenters. The van der Waals surface area contributed by atoms with Gasteiger partial charge in [-0.1, -0.05) is 11.6 Å². The predicted molar refractivity (Wildman–Crippen MR) is 101 cm³/mol. The average Bonchev–Trinajstić information content (AvgIpc) is 3.13. The van der Waals surface area contributed by atoms with Crippen LogP contribution in [0.15, 0.2) is 46.0 Å². The van der Waals surface area contributed by atoms with E-state index in [1.165, 1.54) is 12.1 Å². The molecule has 148 valence electrons. The van der Waals surface area contributed by atoms with Gasteiger partial charge in [0.25, 0.3) is 0 Å². The molecule has 0 amide bonds. The van der Waals surface area contributed by atoms with Crippen LogP contribution in [-0.4, -0.2) is 45.2 Å². The Bertz CT molecular complexity index is 739. The predicted octanol–water partition coefficient (Wildman–Crippen LogP) is 3.50. The Morgan fingerprint density at radius 3 is 2.67 bits per heavy atom. The summed E-state index contributed by atoms with van der Waals surface area (Å²) in [4.78, 5) is 6.17. The van der Waals surface area contributed by atoms with Gasteiger partial charge in [-0.15, -0.1) is 0 Å². The molecule has 0 radical (unpaired) electrons. The zero-order chi connectivity index (χ0) is 19.8. The van der Waals surface area contributed by atoms with Gasteiger partial charge in [0.15, 0.2) is 5.96 Å². The van der Waals surface area contributed by atoms with Crippen molar-refractivity contribution in [3.8, 4) is 5.75 Å². The van der Waals surface area contributed by atoms with Crippen LogP contribution in [0.1, 0.15) is 17.4 Å². The summed E-state index contributed by atoms with van der Waals surface area (Å²) in [5.74, 6) is 1.40. The molecule has 0 spiro atoms. The van der Waals surface area contributed by atoms with Gasteiger partial charge in [0, 0.05) is 30.7 Å². The van der Waals surface area contributed by atoms with E-state index in [0.717, 1.165) is 5.76 Å². The third-order valence-corrected chi connectivity index (χ3v) is 4.10. The van der Waals surface area contributed by atoms with Gasteiger partial charge in [-0.2, -0.15) is 8.78 Å². The van der Waals surface area contributed by atoms with E-state index in [0.29, 0.717) is 23.1 Å². The van der Waals surface area contributed by atoms with Crippen molar-refractivity contribution >= 4 is 17.6 Å². The lowest BCUT2D eigenvalue weighted by Crippen LogP contribution is -2.41. The molecule has 0 aliphatic carbocycles. The number of nitrogens with zero attached hydrogens (tertiary/aromatic N) is 2. The molecule has 1 aromatic carbocycles. The van der Waals surface area contributed by atoms with Crippen molar-refractivity contribution in [1.82, 2.24) is 15.5 Å². The molecule has 0 aliphatic rings. The molecule has 1 heterocycles. The molecule has 2 rings (SSSR count). The first-order chi connectivity index (χ1) is 12.9. The highest BCUT2D eigenvalue weighted by Gasteiger charge is 2.17. The topological polar surface area (TPSA) is 62.0 Å². The number of guanidine groups is 1. The van der Waals surface area contributed by atoms with Crippen molar-refractivity contribution in [2.24, 2.45) is 4.99 Å². The Hall–Kier alpha value is -2.32. The third kappa shape index (κ3) is 6.41. The minimum Gasteiger partial charge on any atom is -0.468 e. The lowest BCUT2D eigenvalue weighted by molar-refractivity contribution is -0.0504. The molecule has 1 aromatic heterocycles. The number of halogens is 3. The van der Waals surface area contributed by atoms with E-state index < -0.39 is 6.61 Å². The summed E-state index contributed by atoms with van der Waals surface area (Å²) in [7, 11) is 5.53. The molecule has 27 heavy (non-hydrogen) atoms. The van der Waals surface area contributed by atoms with Crippen molar-refractivity contribution in [3.63, 3.8) is 0 Å². The normalized spacial score (nSPS) is 13.1. The van der Waals surface area contributed by atoms with Crippen molar-refractivity contribution < 1.29 is 17.9 Å². The molecule has 2 aromatic rings. The van der Waals surface area contributed by atoms with E-state index in [9.17, 15) is 8.78 Å². The molecule has 0 fully saturated rings. The number of rotatable bonds is 8. The highest BCUT2D eigenvalue weighted by Crippen LogP contribution is 2.24. The molecule has 2 N–H and O–H groups in total. The van der Waals surface area contributed by atoms with E-state index >= 15 is 0 Å². The number of alkyl halides is 2. The van der Waals surface area contributed by atoms with Crippen LogP contribution in [-0.2, 0) is 6.54 Å².